The van der Waals surface area contributed by atoms with Crippen LogP contribution in [-0.4, -0.2) is 59.4 Å². The van der Waals surface area contributed by atoms with E-state index in [-0.39, 0.29) is 29.9 Å². The Bertz CT molecular complexity index is 1030. The molecule has 1 aliphatic carbocycles. The maximum Gasteiger partial charge on any atom is 0.243 e. The Morgan fingerprint density at radius 2 is 1.92 bits per heavy atom. The average Bonchev–Trinajstić information content (AvgIpc) is 3.29. The number of carbonyl (C=O) groups excluding carboxylic acids is 2. The summed E-state index contributed by atoms with van der Waals surface area (Å²) in [6.45, 7) is 5.86. The molecule has 2 heterocycles. The zero-order valence-electron chi connectivity index (χ0n) is 21.7. The quantitative estimate of drug-likeness (QED) is 0.561. The highest BCUT2D eigenvalue weighted by molar-refractivity contribution is 7.11. The molecule has 8 heteroatoms. The Morgan fingerprint density at radius 1 is 1.14 bits per heavy atom. The summed E-state index contributed by atoms with van der Waals surface area (Å²) >= 11 is 1.81. The van der Waals surface area contributed by atoms with Crippen LogP contribution in [0.5, 0.6) is 5.75 Å². The predicted octanol–water partition coefficient (Wildman–Crippen LogP) is 3.83. The second-order valence-electron chi connectivity index (χ2n) is 10.3. The minimum Gasteiger partial charge on any atom is -0.497 e. The van der Waals surface area contributed by atoms with Crippen LogP contribution in [0.15, 0.2) is 36.4 Å². The number of hydrogen-bond donors (Lipinski definition) is 2. The molecule has 1 saturated carbocycles. The van der Waals surface area contributed by atoms with Gasteiger partial charge in [-0.3, -0.25) is 14.5 Å². The van der Waals surface area contributed by atoms with E-state index >= 15 is 0 Å². The molecule has 1 aromatic carbocycles. The van der Waals surface area contributed by atoms with Gasteiger partial charge in [-0.25, -0.2) is 0 Å². The minimum atomic E-state index is -0.449. The van der Waals surface area contributed by atoms with E-state index in [0.29, 0.717) is 13.0 Å². The van der Waals surface area contributed by atoms with E-state index in [4.69, 9.17) is 10.5 Å². The molecule has 2 aromatic rings. The van der Waals surface area contributed by atoms with Crippen LogP contribution in [0.4, 0.5) is 0 Å². The number of nitrogens with one attached hydrogen (secondary N) is 1. The number of carbonyl (C=O) groups is 2. The second-order valence-corrected chi connectivity index (χ2v) is 11.7. The van der Waals surface area contributed by atoms with Crippen LogP contribution in [-0.2, 0) is 22.7 Å². The molecule has 0 radical (unpaired) electrons. The number of nitrogens with zero attached hydrogens (tertiary/aromatic N) is 2. The first-order valence-corrected chi connectivity index (χ1v) is 13.9. The Morgan fingerprint density at radius 3 is 2.58 bits per heavy atom. The van der Waals surface area contributed by atoms with Gasteiger partial charge in [0.2, 0.25) is 11.8 Å². The van der Waals surface area contributed by atoms with Crippen LogP contribution in [0.2, 0.25) is 0 Å². The SMILES string of the molecule is COc1cccc(CN(Cc2ccc(C)s2)C2CCN(C(C)=O)[C@@H](C(=O)NC3CCC(N)CC3)C2)c1. The molecule has 1 aromatic heterocycles. The van der Waals surface area contributed by atoms with E-state index < -0.39 is 6.04 Å². The number of methoxy groups -OCH3 is 1. The van der Waals surface area contributed by atoms with Gasteiger partial charge in [0, 0.05) is 54.4 Å². The molecule has 1 aliphatic heterocycles. The fourth-order valence-electron chi connectivity index (χ4n) is 5.55. The number of aryl methyl sites for hydroxylation is 1. The first kappa shape index (κ1) is 26.6. The third-order valence-corrected chi connectivity index (χ3v) is 8.58. The molecule has 36 heavy (non-hydrogen) atoms. The Kier molecular flexibility index (Phi) is 9.04. The molecule has 4 rings (SSSR count). The lowest BCUT2D eigenvalue weighted by molar-refractivity contribution is -0.142. The van der Waals surface area contributed by atoms with Crippen LogP contribution in [0.3, 0.4) is 0 Å². The van der Waals surface area contributed by atoms with Crippen molar-refractivity contribution in [1.29, 1.82) is 0 Å². The molecule has 0 bridgehead atoms. The number of hydrogen-bond acceptors (Lipinski definition) is 6. The van der Waals surface area contributed by atoms with E-state index in [0.717, 1.165) is 50.9 Å². The monoisotopic (exact) mass is 512 g/mol. The van der Waals surface area contributed by atoms with Gasteiger partial charge in [0.05, 0.1) is 7.11 Å². The number of thiophene rings is 1. The van der Waals surface area contributed by atoms with Gasteiger partial charge in [-0.1, -0.05) is 12.1 Å². The van der Waals surface area contributed by atoms with Gasteiger partial charge < -0.3 is 20.7 Å². The van der Waals surface area contributed by atoms with E-state index in [2.05, 4.69) is 41.4 Å². The predicted molar refractivity (Wildman–Crippen MR) is 144 cm³/mol. The van der Waals surface area contributed by atoms with Gasteiger partial charge in [-0.15, -0.1) is 11.3 Å². The molecule has 2 atom stereocenters. The number of benzene rings is 1. The molecule has 7 nitrogen and oxygen atoms in total. The van der Waals surface area contributed by atoms with Gasteiger partial charge in [0.1, 0.15) is 11.8 Å². The number of rotatable bonds is 8. The first-order valence-electron chi connectivity index (χ1n) is 13.1. The summed E-state index contributed by atoms with van der Waals surface area (Å²) in [5, 5.41) is 3.25. The van der Waals surface area contributed by atoms with Crippen molar-refractivity contribution >= 4 is 23.2 Å². The van der Waals surface area contributed by atoms with Crippen molar-refractivity contribution in [3.63, 3.8) is 0 Å². The number of piperidine rings is 1. The maximum absolute atomic E-state index is 13.5. The fourth-order valence-corrected chi connectivity index (χ4v) is 6.47. The Hall–Kier alpha value is -2.42. The largest absolute Gasteiger partial charge is 0.497 e. The summed E-state index contributed by atoms with van der Waals surface area (Å²) in [5.74, 6) is 0.784. The van der Waals surface area contributed by atoms with Crippen LogP contribution in [0.25, 0.3) is 0 Å². The van der Waals surface area contributed by atoms with E-state index in [1.165, 1.54) is 15.3 Å². The van der Waals surface area contributed by atoms with Crippen LogP contribution in [0.1, 0.15) is 60.8 Å². The van der Waals surface area contributed by atoms with Crippen molar-refractivity contribution in [2.45, 2.75) is 89.6 Å². The van der Waals surface area contributed by atoms with Gasteiger partial charge in [-0.05, 0) is 75.3 Å². The standard InChI is InChI=1S/C28H40N4O3S/c1-19-7-12-26(36-19)18-31(17-21-5-4-6-25(15-21)35-3)24-13-14-32(20(2)33)27(16-24)28(34)30-23-10-8-22(29)9-11-23/h4-7,12,15,22-24,27H,8-11,13-14,16-18,29H2,1-3H3,(H,30,34)/t22?,23?,24?,27-/m1/s1. The van der Waals surface area contributed by atoms with Gasteiger partial charge in [-0.2, -0.15) is 0 Å². The summed E-state index contributed by atoms with van der Waals surface area (Å²) < 4.78 is 5.45. The van der Waals surface area contributed by atoms with E-state index in [1.54, 1.807) is 18.9 Å². The van der Waals surface area contributed by atoms with Crippen molar-refractivity contribution in [3.8, 4) is 5.75 Å². The van der Waals surface area contributed by atoms with Gasteiger partial charge in [0.25, 0.3) is 0 Å². The molecule has 196 valence electrons. The lowest BCUT2D eigenvalue weighted by Crippen LogP contribution is -2.58. The molecule has 1 saturated heterocycles. The van der Waals surface area contributed by atoms with Crippen molar-refractivity contribution in [2.24, 2.45) is 5.73 Å². The van der Waals surface area contributed by atoms with Crippen molar-refractivity contribution in [1.82, 2.24) is 15.1 Å². The molecular formula is C28H40N4O3S. The Labute approximate surface area is 219 Å². The smallest absolute Gasteiger partial charge is 0.243 e. The molecule has 0 spiro atoms. The number of likely N-dealkylation sites (tertiary alicyclic amines) is 1. The van der Waals surface area contributed by atoms with E-state index in [1.807, 2.05) is 23.5 Å². The van der Waals surface area contributed by atoms with Gasteiger partial charge >= 0.3 is 0 Å². The third kappa shape index (κ3) is 6.87. The zero-order valence-corrected chi connectivity index (χ0v) is 22.6. The highest BCUT2D eigenvalue weighted by Crippen LogP contribution is 2.29. The molecular weight excluding hydrogens is 472 g/mol. The maximum atomic E-state index is 13.5. The van der Waals surface area contributed by atoms with Gasteiger partial charge in [0.15, 0.2) is 0 Å². The summed E-state index contributed by atoms with van der Waals surface area (Å²) in [6.07, 6.45) is 5.15. The fraction of sp³-hybridized carbons (Fsp3) is 0.571. The summed E-state index contributed by atoms with van der Waals surface area (Å²) in [5.41, 5.74) is 7.23. The van der Waals surface area contributed by atoms with Crippen molar-refractivity contribution < 1.29 is 14.3 Å². The number of nitrogens with two attached hydrogens (primary N) is 1. The lowest BCUT2D eigenvalue weighted by Gasteiger charge is -2.43. The molecule has 3 N–H and O–H groups in total. The second kappa shape index (κ2) is 12.2. The molecule has 2 amide bonds. The molecule has 1 unspecified atom stereocenters. The third-order valence-electron chi connectivity index (χ3n) is 7.59. The Balaban J connectivity index is 1.52. The number of ether oxygens (including phenoxy) is 1. The van der Waals surface area contributed by atoms with Crippen LogP contribution >= 0.6 is 11.3 Å². The summed E-state index contributed by atoms with van der Waals surface area (Å²) in [4.78, 5) is 32.8. The average molecular weight is 513 g/mol. The molecule has 2 fully saturated rings. The zero-order chi connectivity index (χ0) is 25.7. The summed E-state index contributed by atoms with van der Waals surface area (Å²) in [7, 11) is 1.69. The van der Waals surface area contributed by atoms with Crippen molar-refractivity contribution in [3.05, 3.63) is 51.7 Å². The normalized spacial score (nSPS) is 24.5. The highest BCUT2D eigenvalue weighted by atomic mass is 32.1. The first-order chi connectivity index (χ1) is 17.3. The van der Waals surface area contributed by atoms with E-state index in [9.17, 15) is 9.59 Å². The minimum absolute atomic E-state index is 0.0244. The number of amides is 2. The van der Waals surface area contributed by atoms with Crippen LogP contribution < -0.4 is 15.8 Å². The topological polar surface area (TPSA) is 87.9 Å². The van der Waals surface area contributed by atoms with Crippen molar-refractivity contribution in [2.75, 3.05) is 13.7 Å². The van der Waals surface area contributed by atoms with Crippen LogP contribution in [0, 0.1) is 6.92 Å². The molecule has 2 aliphatic rings. The lowest BCUT2D eigenvalue weighted by atomic mass is 9.90. The summed E-state index contributed by atoms with van der Waals surface area (Å²) in [6, 6.07) is 12.7. The highest BCUT2D eigenvalue weighted by Gasteiger charge is 2.38.